The summed E-state index contributed by atoms with van der Waals surface area (Å²) in [6, 6.07) is 4.86. The number of hydrogen-bond donors (Lipinski definition) is 3. The minimum Gasteiger partial charge on any atom is -0.368 e. The summed E-state index contributed by atoms with van der Waals surface area (Å²) in [6.07, 6.45) is 0.433. The second kappa shape index (κ2) is 6.88. The molecule has 1 amide bonds. The number of amides is 1. The third kappa shape index (κ3) is 3.83. The average Bonchev–Trinajstić information content (AvgIpc) is 2.49. The fourth-order valence-corrected chi connectivity index (χ4v) is 2.14. The Morgan fingerprint density at radius 1 is 1.43 bits per heavy atom. The molecule has 0 saturated carbocycles. The Hall–Kier alpha value is -2.94. The molecule has 0 aliphatic heterocycles. The molecule has 4 N–H and O–H groups in total. The molecule has 10 heteroatoms. The highest BCUT2D eigenvalue weighted by Crippen LogP contribution is 2.28. The molecule has 0 aliphatic rings. The molecule has 0 unspecified atom stereocenters. The minimum atomic E-state index is -0.447. The molecule has 1 aromatic heterocycles. The highest BCUT2D eigenvalue weighted by atomic mass is 35.5. The molecule has 9 nitrogen and oxygen atoms in total. The number of nitrogen functional groups attached to an aromatic ring is 1. The van der Waals surface area contributed by atoms with Crippen LogP contribution in [0.15, 0.2) is 18.2 Å². The highest BCUT2D eigenvalue weighted by Gasteiger charge is 2.14. The van der Waals surface area contributed by atoms with Crippen molar-refractivity contribution < 1.29 is 9.72 Å². The zero-order chi connectivity index (χ0) is 17.0. The fraction of sp³-hybridized carbons (Fsp3) is 0.154. The largest absolute Gasteiger partial charge is 0.368 e. The van der Waals surface area contributed by atoms with Crippen LogP contribution < -0.4 is 16.4 Å². The van der Waals surface area contributed by atoms with E-state index in [-0.39, 0.29) is 34.8 Å². The van der Waals surface area contributed by atoms with E-state index in [1.807, 2.05) is 0 Å². The van der Waals surface area contributed by atoms with Gasteiger partial charge >= 0.3 is 0 Å². The number of halogens is 1. The standard InChI is InChI=1S/C13H13ClN6O3/c1-7-2-3-8(4-9(7)20(22)23)5-16-12-10(17-6-21)11(14)18-13(15)19-12/h2-4,6H,5H2,1H3,(H,17,21)(H3,15,16,18,19). The van der Waals surface area contributed by atoms with Crippen molar-refractivity contribution in [2.24, 2.45) is 0 Å². The quantitative estimate of drug-likeness (QED) is 0.318. The van der Waals surface area contributed by atoms with Crippen molar-refractivity contribution in [2.45, 2.75) is 13.5 Å². The van der Waals surface area contributed by atoms with Crippen LogP contribution in [0.5, 0.6) is 0 Å². The van der Waals surface area contributed by atoms with Crippen LogP contribution in [0.4, 0.5) is 23.1 Å². The van der Waals surface area contributed by atoms with E-state index < -0.39 is 4.92 Å². The highest BCUT2D eigenvalue weighted by molar-refractivity contribution is 6.33. The van der Waals surface area contributed by atoms with Gasteiger partial charge in [0.1, 0.15) is 5.69 Å². The summed E-state index contributed by atoms with van der Waals surface area (Å²) < 4.78 is 0. The Kier molecular flexibility index (Phi) is 4.91. The third-order valence-electron chi connectivity index (χ3n) is 3.02. The smallest absolute Gasteiger partial charge is 0.272 e. The first-order valence-electron chi connectivity index (χ1n) is 6.43. The van der Waals surface area contributed by atoms with Gasteiger partial charge in [0, 0.05) is 18.2 Å². The van der Waals surface area contributed by atoms with Crippen molar-refractivity contribution in [2.75, 3.05) is 16.4 Å². The molecule has 120 valence electrons. The number of nitrogens with two attached hydrogens (primary N) is 1. The summed E-state index contributed by atoms with van der Waals surface area (Å²) in [7, 11) is 0. The van der Waals surface area contributed by atoms with Gasteiger partial charge in [-0.25, -0.2) is 0 Å². The maximum atomic E-state index is 11.0. The van der Waals surface area contributed by atoms with E-state index in [2.05, 4.69) is 20.6 Å². The third-order valence-corrected chi connectivity index (χ3v) is 3.29. The number of nitro groups is 1. The van der Waals surface area contributed by atoms with Crippen LogP contribution in [0.2, 0.25) is 5.15 Å². The molecular formula is C13H13ClN6O3. The molecule has 0 radical (unpaired) electrons. The van der Waals surface area contributed by atoms with Gasteiger partial charge in [-0.1, -0.05) is 23.7 Å². The second-order valence-electron chi connectivity index (χ2n) is 4.59. The van der Waals surface area contributed by atoms with Crippen molar-refractivity contribution in [3.05, 3.63) is 44.6 Å². The number of nitrogens with one attached hydrogen (secondary N) is 2. The number of hydrogen-bond acceptors (Lipinski definition) is 7. The molecule has 0 bridgehead atoms. The van der Waals surface area contributed by atoms with E-state index in [1.165, 1.54) is 6.07 Å². The molecule has 0 aliphatic carbocycles. The van der Waals surface area contributed by atoms with Gasteiger partial charge in [0.15, 0.2) is 11.0 Å². The first kappa shape index (κ1) is 16.4. The van der Waals surface area contributed by atoms with E-state index in [1.54, 1.807) is 19.1 Å². The molecule has 2 aromatic rings. The summed E-state index contributed by atoms with van der Waals surface area (Å²) >= 11 is 5.90. The van der Waals surface area contributed by atoms with Gasteiger partial charge in [-0.3, -0.25) is 14.9 Å². The van der Waals surface area contributed by atoms with E-state index >= 15 is 0 Å². The number of carbonyl (C=O) groups is 1. The van der Waals surface area contributed by atoms with Gasteiger partial charge in [-0.05, 0) is 12.5 Å². The van der Waals surface area contributed by atoms with Crippen molar-refractivity contribution >= 4 is 41.2 Å². The number of aryl methyl sites for hydroxylation is 1. The van der Waals surface area contributed by atoms with Gasteiger partial charge in [-0.15, -0.1) is 0 Å². The zero-order valence-corrected chi connectivity index (χ0v) is 12.8. The first-order valence-corrected chi connectivity index (χ1v) is 6.81. The Balaban J connectivity index is 2.26. The number of carbonyl (C=O) groups excluding carboxylic acids is 1. The molecule has 2 rings (SSSR count). The Labute approximate surface area is 136 Å². The van der Waals surface area contributed by atoms with Gasteiger partial charge in [-0.2, -0.15) is 9.97 Å². The van der Waals surface area contributed by atoms with Crippen molar-refractivity contribution in [1.82, 2.24) is 9.97 Å². The van der Waals surface area contributed by atoms with Gasteiger partial charge in [0.2, 0.25) is 12.4 Å². The Morgan fingerprint density at radius 3 is 2.83 bits per heavy atom. The lowest BCUT2D eigenvalue weighted by Gasteiger charge is -2.12. The van der Waals surface area contributed by atoms with Crippen LogP contribution in [0.3, 0.4) is 0 Å². The predicted molar refractivity (Wildman–Crippen MR) is 86.3 cm³/mol. The van der Waals surface area contributed by atoms with Crippen molar-refractivity contribution in [1.29, 1.82) is 0 Å². The number of benzene rings is 1. The zero-order valence-electron chi connectivity index (χ0n) is 12.0. The molecule has 0 atom stereocenters. The number of aromatic nitrogens is 2. The van der Waals surface area contributed by atoms with E-state index in [0.717, 1.165) is 0 Å². The molecule has 0 spiro atoms. The van der Waals surface area contributed by atoms with E-state index in [9.17, 15) is 14.9 Å². The summed E-state index contributed by atoms with van der Waals surface area (Å²) in [6.45, 7) is 1.88. The second-order valence-corrected chi connectivity index (χ2v) is 4.95. The van der Waals surface area contributed by atoms with Crippen LogP contribution in [0.1, 0.15) is 11.1 Å². The Bertz CT molecular complexity index is 768. The minimum absolute atomic E-state index is 0.0120. The van der Waals surface area contributed by atoms with Crippen LogP contribution in [-0.2, 0) is 11.3 Å². The molecule has 1 aromatic carbocycles. The van der Waals surface area contributed by atoms with E-state index in [4.69, 9.17) is 17.3 Å². The topological polar surface area (TPSA) is 136 Å². The first-order chi connectivity index (χ1) is 10.9. The van der Waals surface area contributed by atoms with Crippen LogP contribution in [0.25, 0.3) is 0 Å². The van der Waals surface area contributed by atoms with Crippen LogP contribution in [0, 0.1) is 17.0 Å². The van der Waals surface area contributed by atoms with E-state index in [0.29, 0.717) is 17.5 Å². The molecule has 0 saturated heterocycles. The number of anilines is 3. The van der Waals surface area contributed by atoms with Crippen LogP contribution in [-0.4, -0.2) is 21.3 Å². The SMILES string of the molecule is Cc1ccc(CNc2nc(N)nc(Cl)c2NC=O)cc1[N+](=O)[O-]. The lowest BCUT2D eigenvalue weighted by atomic mass is 10.1. The number of nitro benzene ring substituents is 1. The van der Waals surface area contributed by atoms with Gasteiger partial charge in [0.25, 0.3) is 5.69 Å². The molecule has 0 fully saturated rings. The lowest BCUT2D eigenvalue weighted by Crippen LogP contribution is -2.10. The average molecular weight is 337 g/mol. The Morgan fingerprint density at radius 2 is 2.17 bits per heavy atom. The van der Waals surface area contributed by atoms with Crippen molar-refractivity contribution in [3.63, 3.8) is 0 Å². The monoisotopic (exact) mass is 336 g/mol. The number of rotatable bonds is 6. The maximum absolute atomic E-state index is 11.0. The summed E-state index contributed by atoms with van der Waals surface area (Å²) in [5, 5.41) is 16.3. The molecular weight excluding hydrogens is 324 g/mol. The number of nitrogens with zero attached hydrogens (tertiary/aromatic N) is 3. The summed E-state index contributed by atoms with van der Waals surface area (Å²) in [5.41, 5.74) is 6.95. The van der Waals surface area contributed by atoms with Crippen molar-refractivity contribution in [3.8, 4) is 0 Å². The lowest BCUT2D eigenvalue weighted by molar-refractivity contribution is -0.385. The molecule has 23 heavy (non-hydrogen) atoms. The molecule has 1 heterocycles. The normalized spacial score (nSPS) is 10.2. The van der Waals surface area contributed by atoms with Crippen LogP contribution >= 0.6 is 11.6 Å². The maximum Gasteiger partial charge on any atom is 0.272 e. The summed E-state index contributed by atoms with van der Waals surface area (Å²) in [5.74, 6) is 0.154. The van der Waals surface area contributed by atoms with Gasteiger partial charge < -0.3 is 16.4 Å². The summed E-state index contributed by atoms with van der Waals surface area (Å²) in [4.78, 5) is 28.8. The fourth-order valence-electron chi connectivity index (χ4n) is 1.91. The van der Waals surface area contributed by atoms with Gasteiger partial charge in [0.05, 0.1) is 4.92 Å². The predicted octanol–water partition coefficient (Wildman–Crippen LogP) is 2.11.